The molecule has 0 spiro atoms. The van der Waals surface area contributed by atoms with Crippen LogP contribution in [0, 0.1) is 18.8 Å². The van der Waals surface area contributed by atoms with Gasteiger partial charge in [0.1, 0.15) is 0 Å². The van der Waals surface area contributed by atoms with Crippen LogP contribution in [0.15, 0.2) is 18.2 Å². The number of aliphatic hydroxyl groups excluding tert-OH is 1. The lowest BCUT2D eigenvalue weighted by Crippen LogP contribution is -2.35. The molecule has 0 heterocycles. The van der Waals surface area contributed by atoms with Crippen LogP contribution in [-0.4, -0.2) is 24.2 Å². The lowest BCUT2D eigenvalue weighted by Gasteiger charge is -2.30. The number of hydrogen-bond acceptors (Lipinski definition) is 3. The number of anilines is 1. The van der Waals surface area contributed by atoms with Crippen LogP contribution in [0.4, 0.5) is 5.69 Å². The second-order valence-corrected chi connectivity index (χ2v) is 5.73. The summed E-state index contributed by atoms with van der Waals surface area (Å²) in [5, 5.41) is 12.4. The zero-order chi connectivity index (χ0) is 14.5. The molecule has 2 atom stereocenters. The number of carbonyl (C=O) groups excluding carboxylic acids is 1. The predicted octanol–water partition coefficient (Wildman–Crippen LogP) is 2.11. The Morgan fingerprint density at radius 2 is 2.05 bits per heavy atom. The SMILES string of the molecule is Cc1cccc(C(=O)NCC2CCCCC2CO)c1N. The van der Waals surface area contributed by atoms with Gasteiger partial charge in [-0.2, -0.15) is 0 Å². The minimum atomic E-state index is -0.117. The third-order valence-electron chi connectivity index (χ3n) is 4.39. The summed E-state index contributed by atoms with van der Waals surface area (Å²) in [6, 6.07) is 5.49. The lowest BCUT2D eigenvalue weighted by atomic mass is 9.79. The van der Waals surface area contributed by atoms with Crippen LogP contribution < -0.4 is 11.1 Å². The van der Waals surface area contributed by atoms with Crippen LogP contribution in [0.5, 0.6) is 0 Å². The summed E-state index contributed by atoms with van der Waals surface area (Å²) in [4.78, 5) is 12.2. The Morgan fingerprint density at radius 3 is 2.75 bits per heavy atom. The highest BCUT2D eigenvalue weighted by Crippen LogP contribution is 2.29. The van der Waals surface area contributed by atoms with Crippen molar-refractivity contribution in [2.24, 2.45) is 11.8 Å². The maximum absolute atomic E-state index is 12.2. The average Bonchev–Trinajstić information content (AvgIpc) is 2.48. The van der Waals surface area contributed by atoms with E-state index in [-0.39, 0.29) is 12.5 Å². The van der Waals surface area contributed by atoms with Gasteiger partial charge in [0.25, 0.3) is 5.91 Å². The van der Waals surface area contributed by atoms with E-state index in [4.69, 9.17) is 5.73 Å². The van der Waals surface area contributed by atoms with Gasteiger partial charge in [-0.3, -0.25) is 4.79 Å². The first-order valence-electron chi connectivity index (χ1n) is 7.37. The van der Waals surface area contributed by atoms with Gasteiger partial charge < -0.3 is 16.2 Å². The lowest BCUT2D eigenvalue weighted by molar-refractivity contribution is 0.0910. The molecule has 2 rings (SSSR count). The first kappa shape index (κ1) is 14.9. The molecule has 0 bridgehead atoms. The molecule has 110 valence electrons. The number of amides is 1. The van der Waals surface area contributed by atoms with E-state index in [9.17, 15) is 9.90 Å². The highest BCUT2D eigenvalue weighted by Gasteiger charge is 2.25. The van der Waals surface area contributed by atoms with Gasteiger partial charge in [0.2, 0.25) is 0 Å². The second-order valence-electron chi connectivity index (χ2n) is 5.73. The quantitative estimate of drug-likeness (QED) is 0.737. The van der Waals surface area contributed by atoms with Crippen molar-refractivity contribution < 1.29 is 9.90 Å². The van der Waals surface area contributed by atoms with Crippen LogP contribution in [0.2, 0.25) is 0 Å². The van der Waals surface area contributed by atoms with E-state index in [1.807, 2.05) is 19.1 Å². The topological polar surface area (TPSA) is 75.3 Å². The van der Waals surface area contributed by atoms with E-state index in [0.717, 1.165) is 18.4 Å². The maximum atomic E-state index is 12.2. The molecule has 4 N–H and O–H groups in total. The summed E-state index contributed by atoms with van der Waals surface area (Å²) in [6.07, 6.45) is 4.50. The van der Waals surface area contributed by atoms with E-state index in [1.165, 1.54) is 12.8 Å². The summed E-state index contributed by atoms with van der Waals surface area (Å²) in [6.45, 7) is 2.74. The molecule has 1 amide bonds. The third-order valence-corrected chi connectivity index (χ3v) is 4.39. The van der Waals surface area contributed by atoms with E-state index in [1.54, 1.807) is 6.07 Å². The number of benzene rings is 1. The Morgan fingerprint density at radius 1 is 1.35 bits per heavy atom. The van der Waals surface area contributed by atoms with Crippen molar-refractivity contribution in [1.82, 2.24) is 5.32 Å². The van der Waals surface area contributed by atoms with E-state index >= 15 is 0 Å². The average molecular weight is 276 g/mol. The zero-order valence-electron chi connectivity index (χ0n) is 12.1. The molecule has 0 aromatic heterocycles. The molecule has 2 unspecified atom stereocenters. The fourth-order valence-corrected chi connectivity index (χ4v) is 2.99. The highest BCUT2D eigenvalue weighted by molar-refractivity contribution is 5.99. The van der Waals surface area contributed by atoms with Crippen molar-refractivity contribution >= 4 is 11.6 Å². The smallest absolute Gasteiger partial charge is 0.253 e. The molecule has 1 fully saturated rings. The molecule has 1 saturated carbocycles. The molecule has 0 radical (unpaired) electrons. The number of aliphatic hydroxyl groups is 1. The maximum Gasteiger partial charge on any atom is 0.253 e. The van der Waals surface area contributed by atoms with Crippen LogP contribution in [-0.2, 0) is 0 Å². The molecule has 0 aliphatic heterocycles. The number of nitrogen functional groups attached to an aromatic ring is 1. The summed E-state index contributed by atoms with van der Waals surface area (Å²) in [5.41, 5.74) is 7.96. The Bertz CT molecular complexity index is 474. The third kappa shape index (κ3) is 3.31. The largest absolute Gasteiger partial charge is 0.398 e. The van der Waals surface area contributed by atoms with Crippen LogP contribution in [0.3, 0.4) is 0 Å². The minimum absolute atomic E-state index is 0.117. The van der Waals surface area contributed by atoms with Crippen molar-refractivity contribution in [3.63, 3.8) is 0 Å². The van der Waals surface area contributed by atoms with Gasteiger partial charge in [0, 0.05) is 18.8 Å². The molecule has 20 heavy (non-hydrogen) atoms. The highest BCUT2D eigenvalue weighted by atomic mass is 16.3. The molecule has 1 aromatic rings. The molecule has 1 aromatic carbocycles. The van der Waals surface area contributed by atoms with Gasteiger partial charge in [-0.15, -0.1) is 0 Å². The Hall–Kier alpha value is -1.55. The van der Waals surface area contributed by atoms with E-state index < -0.39 is 0 Å². The summed E-state index contributed by atoms with van der Waals surface area (Å²) in [5.74, 6) is 0.580. The monoisotopic (exact) mass is 276 g/mol. The molecular formula is C16H24N2O2. The summed E-state index contributed by atoms with van der Waals surface area (Å²) >= 11 is 0. The Balaban J connectivity index is 1.96. The second kappa shape index (κ2) is 6.75. The van der Waals surface area contributed by atoms with Crippen molar-refractivity contribution in [1.29, 1.82) is 0 Å². The molecule has 1 aliphatic carbocycles. The van der Waals surface area contributed by atoms with Crippen molar-refractivity contribution in [2.75, 3.05) is 18.9 Å². The number of hydrogen-bond donors (Lipinski definition) is 3. The molecule has 0 saturated heterocycles. The normalized spacial score (nSPS) is 22.5. The van der Waals surface area contributed by atoms with E-state index in [2.05, 4.69) is 5.32 Å². The Labute approximate surface area is 120 Å². The van der Waals surface area contributed by atoms with Gasteiger partial charge >= 0.3 is 0 Å². The van der Waals surface area contributed by atoms with Gasteiger partial charge in [0.15, 0.2) is 0 Å². The van der Waals surface area contributed by atoms with Crippen LogP contribution >= 0.6 is 0 Å². The molecule has 1 aliphatic rings. The number of nitrogens with one attached hydrogen (secondary N) is 1. The first-order valence-corrected chi connectivity index (χ1v) is 7.37. The number of para-hydroxylation sites is 1. The van der Waals surface area contributed by atoms with Crippen molar-refractivity contribution in [3.8, 4) is 0 Å². The van der Waals surface area contributed by atoms with Crippen molar-refractivity contribution in [2.45, 2.75) is 32.6 Å². The first-order chi connectivity index (χ1) is 9.63. The van der Waals surface area contributed by atoms with E-state index in [0.29, 0.717) is 29.6 Å². The van der Waals surface area contributed by atoms with Gasteiger partial charge in [-0.05, 0) is 43.2 Å². The molecular weight excluding hydrogens is 252 g/mol. The number of nitrogens with two attached hydrogens (primary N) is 1. The standard InChI is InChI=1S/C16H24N2O2/c1-11-5-4-8-14(15(11)17)16(20)18-9-12-6-2-3-7-13(12)10-19/h4-5,8,12-13,19H,2-3,6-7,9-10,17H2,1H3,(H,18,20). The number of rotatable bonds is 4. The van der Waals surface area contributed by atoms with Crippen molar-refractivity contribution in [3.05, 3.63) is 29.3 Å². The van der Waals surface area contributed by atoms with Gasteiger partial charge in [-0.1, -0.05) is 25.0 Å². The predicted molar refractivity (Wildman–Crippen MR) is 80.5 cm³/mol. The van der Waals surface area contributed by atoms with Gasteiger partial charge in [0.05, 0.1) is 5.56 Å². The van der Waals surface area contributed by atoms with Crippen LogP contribution in [0.1, 0.15) is 41.6 Å². The number of carbonyl (C=O) groups is 1. The summed E-state index contributed by atoms with van der Waals surface area (Å²) < 4.78 is 0. The fraction of sp³-hybridized carbons (Fsp3) is 0.562. The zero-order valence-corrected chi connectivity index (χ0v) is 12.1. The number of aryl methyl sites for hydroxylation is 1. The van der Waals surface area contributed by atoms with Crippen LogP contribution in [0.25, 0.3) is 0 Å². The molecule has 4 heteroatoms. The molecule has 4 nitrogen and oxygen atoms in total. The summed E-state index contributed by atoms with van der Waals surface area (Å²) in [7, 11) is 0. The Kier molecular flexibility index (Phi) is 5.01. The fourth-order valence-electron chi connectivity index (χ4n) is 2.99. The minimum Gasteiger partial charge on any atom is -0.398 e. The van der Waals surface area contributed by atoms with Gasteiger partial charge in [-0.25, -0.2) is 0 Å².